The molecule has 0 bridgehead atoms. The van der Waals surface area contributed by atoms with E-state index in [-0.39, 0.29) is 5.92 Å². The molecule has 3 atom stereocenters. The van der Waals surface area contributed by atoms with E-state index in [2.05, 4.69) is 0 Å². The Bertz CT molecular complexity index is 624. The lowest BCUT2D eigenvalue weighted by molar-refractivity contribution is -0.150. The molecule has 0 spiro atoms. The van der Waals surface area contributed by atoms with Gasteiger partial charge in [-0.1, -0.05) is 67.6 Å². The summed E-state index contributed by atoms with van der Waals surface area (Å²) >= 11 is 0. The van der Waals surface area contributed by atoms with Crippen LogP contribution in [0.4, 0.5) is 0 Å². The summed E-state index contributed by atoms with van der Waals surface area (Å²) in [6, 6.07) is 19.1. The highest BCUT2D eigenvalue weighted by atomic mass is 16.4. The molecule has 3 rings (SSSR count). The number of carboxylic acid groups (broad SMARTS) is 2. The van der Waals surface area contributed by atoms with Gasteiger partial charge in [-0.3, -0.25) is 9.59 Å². The van der Waals surface area contributed by atoms with E-state index in [1.165, 1.54) is 0 Å². The molecule has 4 heteroatoms. The topological polar surface area (TPSA) is 74.6 Å². The van der Waals surface area contributed by atoms with Crippen LogP contribution in [0.5, 0.6) is 0 Å². The van der Waals surface area contributed by atoms with E-state index >= 15 is 0 Å². The Balaban J connectivity index is 0.000000246. The normalized spacial score (nSPS) is 22.1. The van der Waals surface area contributed by atoms with Crippen LogP contribution in [-0.4, -0.2) is 22.2 Å². The Morgan fingerprint density at radius 1 is 0.773 bits per heavy atom. The third kappa shape index (κ3) is 3.17. The third-order valence-electron chi connectivity index (χ3n) is 3.94. The molecule has 2 aromatic carbocycles. The Hall–Kier alpha value is -2.62. The lowest BCUT2D eigenvalue weighted by atomic mass is 9.88. The van der Waals surface area contributed by atoms with Gasteiger partial charge in [-0.15, -0.1) is 0 Å². The Morgan fingerprint density at radius 3 is 1.64 bits per heavy atom. The van der Waals surface area contributed by atoms with Gasteiger partial charge in [-0.05, 0) is 17.0 Å². The van der Waals surface area contributed by atoms with Gasteiger partial charge in [0, 0.05) is 0 Å². The SMILES string of the molecule is CC1c2ccccc2C(C(=O)O)C1C(=O)O.c1ccccc1. The largest absolute Gasteiger partial charge is 0.481 e. The highest BCUT2D eigenvalue weighted by molar-refractivity contribution is 5.87. The van der Waals surface area contributed by atoms with E-state index < -0.39 is 23.8 Å². The van der Waals surface area contributed by atoms with Crippen LogP contribution in [0.2, 0.25) is 0 Å². The summed E-state index contributed by atoms with van der Waals surface area (Å²) in [5, 5.41) is 18.2. The fourth-order valence-electron chi connectivity index (χ4n) is 2.91. The van der Waals surface area contributed by atoms with Crippen molar-refractivity contribution in [3.05, 3.63) is 71.8 Å². The van der Waals surface area contributed by atoms with Crippen molar-refractivity contribution in [2.45, 2.75) is 18.8 Å². The Kier molecular flexibility index (Phi) is 4.94. The molecule has 114 valence electrons. The van der Waals surface area contributed by atoms with Gasteiger partial charge in [0.25, 0.3) is 0 Å². The van der Waals surface area contributed by atoms with Gasteiger partial charge in [0.2, 0.25) is 0 Å². The molecule has 4 nitrogen and oxygen atoms in total. The monoisotopic (exact) mass is 298 g/mol. The van der Waals surface area contributed by atoms with Gasteiger partial charge in [-0.2, -0.15) is 0 Å². The van der Waals surface area contributed by atoms with Crippen LogP contribution in [0.15, 0.2) is 60.7 Å². The van der Waals surface area contributed by atoms with Crippen LogP contribution < -0.4 is 0 Å². The van der Waals surface area contributed by atoms with E-state index in [1.807, 2.05) is 36.4 Å². The maximum atomic E-state index is 11.2. The summed E-state index contributed by atoms with van der Waals surface area (Å²) in [7, 11) is 0. The minimum atomic E-state index is -1.07. The van der Waals surface area contributed by atoms with Gasteiger partial charge in [0.1, 0.15) is 0 Å². The number of benzene rings is 2. The van der Waals surface area contributed by atoms with Crippen molar-refractivity contribution in [2.75, 3.05) is 0 Å². The minimum absolute atomic E-state index is 0.255. The molecule has 0 radical (unpaired) electrons. The molecular formula is C18H18O4. The maximum absolute atomic E-state index is 11.2. The second-order valence-electron chi connectivity index (χ2n) is 5.25. The number of hydrogen-bond acceptors (Lipinski definition) is 2. The molecule has 0 heterocycles. The van der Waals surface area contributed by atoms with Crippen molar-refractivity contribution in [3.63, 3.8) is 0 Å². The zero-order valence-electron chi connectivity index (χ0n) is 12.2. The van der Waals surface area contributed by atoms with Crippen molar-refractivity contribution in [3.8, 4) is 0 Å². The van der Waals surface area contributed by atoms with E-state index in [4.69, 9.17) is 10.2 Å². The van der Waals surface area contributed by atoms with Crippen molar-refractivity contribution in [1.82, 2.24) is 0 Å². The van der Waals surface area contributed by atoms with Gasteiger partial charge >= 0.3 is 11.9 Å². The molecule has 0 aromatic heterocycles. The molecule has 0 amide bonds. The highest BCUT2D eigenvalue weighted by Crippen LogP contribution is 2.46. The quantitative estimate of drug-likeness (QED) is 0.891. The van der Waals surface area contributed by atoms with E-state index in [0.29, 0.717) is 5.56 Å². The van der Waals surface area contributed by atoms with Crippen LogP contribution in [-0.2, 0) is 9.59 Å². The van der Waals surface area contributed by atoms with Crippen molar-refractivity contribution in [1.29, 1.82) is 0 Å². The first-order chi connectivity index (χ1) is 10.5. The number of rotatable bonds is 2. The zero-order valence-corrected chi connectivity index (χ0v) is 12.2. The molecule has 2 N–H and O–H groups in total. The third-order valence-corrected chi connectivity index (χ3v) is 3.94. The molecule has 0 saturated heterocycles. The number of hydrogen-bond donors (Lipinski definition) is 2. The van der Waals surface area contributed by atoms with Gasteiger partial charge < -0.3 is 10.2 Å². The number of aliphatic carboxylic acids is 2. The van der Waals surface area contributed by atoms with Crippen LogP contribution in [0, 0.1) is 5.92 Å². The summed E-state index contributed by atoms with van der Waals surface area (Å²) in [6.45, 7) is 1.76. The minimum Gasteiger partial charge on any atom is -0.481 e. The molecular weight excluding hydrogens is 280 g/mol. The van der Waals surface area contributed by atoms with Gasteiger partial charge in [0.05, 0.1) is 11.8 Å². The van der Waals surface area contributed by atoms with Crippen LogP contribution in [0.25, 0.3) is 0 Å². The predicted molar refractivity (Wildman–Crippen MR) is 82.8 cm³/mol. The molecule has 1 aliphatic carbocycles. The fraction of sp³-hybridized carbons (Fsp3) is 0.222. The first kappa shape index (κ1) is 15.8. The molecule has 2 aromatic rings. The lowest BCUT2D eigenvalue weighted by Crippen LogP contribution is -2.26. The summed E-state index contributed by atoms with van der Waals surface area (Å²) in [6.07, 6.45) is 0. The molecule has 0 fully saturated rings. The standard InChI is InChI=1S/C12H12O4.C6H6/c1-6-7-4-2-3-5-8(7)10(12(15)16)9(6)11(13)14;1-2-4-6-5-3-1/h2-6,9-10H,1H3,(H,13,14)(H,15,16);1-6H. The van der Waals surface area contributed by atoms with Gasteiger partial charge in [0.15, 0.2) is 0 Å². The fourth-order valence-corrected chi connectivity index (χ4v) is 2.91. The summed E-state index contributed by atoms with van der Waals surface area (Å²) in [5.41, 5.74) is 1.47. The molecule has 3 unspecified atom stereocenters. The second kappa shape index (κ2) is 6.89. The van der Waals surface area contributed by atoms with Crippen LogP contribution in [0.3, 0.4) is 0 Å². The molecule has 1 aliphatic rings. The molecule has 22 heavy (non-hydrogen) atoms. The summed E-state index contributed by atoms with van der Waals surface area (Å²) < 4.78 is 0. The smallest absolute Gasteiger partial charge is 0.311 e. The molecule has 0 saturated carbocycles. The van der Waals surface area contributed by atoms with E-state index in [0.717, 1.165) is 5.56 Å². The first-order valence-corrected chi connectivity index (χ1v) is 7.08. The highest BCUT2D eigenvalue weighted by Gasteiger charge is 2.46. The second-order valence-corrected chi connectivity index (χ2v) is 5.25. The van der Waals surface area contributed by atoms with Gasteiger partial charge in [-0.25, -0.2) is 0 Å². The van der Waals surface area contributed by atoms with E-state index in [1.54, 1.807) is 31.2 Å². The summed E-state index contributed by atoms with van der Waals surface area (Å²) in [5.74, 6) is -4.16. The van der Waals surface area contributed by atoms with Crippen molar-refractivity contribution in [2.24, 2.45) is 5.92 Å². The molecule has 0 aliphatic heterocycles. The predicted octanol–water partition coefficient (Wildman–Crippen LogP) is 3.36. The number of fused-ring (bicyclic) bond motifs is 1. The van der Waals surface area contributed by atoms with Crippen molar-refractivity contribution < 1.29 is 19.8 Å². The average Bonchev–Trinajstić information content (AvgIpc) is 2.83. The summed E-state index contributed by atoms with van der Waals surface area (Å²) in [4.78, 5) is 22.3. The van der Waals surface area contributed by atoms with E-state index in [9.17, 15) is 9.59 Å². The van der Waals surface area contributed by atoms with Crippen LogP contribution in [0.1, 0.15) is 29.9 Å². The number of carboxylic acids is 2. The first-order valence-electron chi connectivity index (χ1n) is 7.08. The Labute approximate surface area is 129 Å². The average molecular weight is 298 g/mol. The zero-order chi connectivity index (χ0) is 16.1. The number of carbonyl (C=O) groups is 2. The van der Waals surface area contributed by atoms with Crippen molar-refractivity contribution >= 4 is 11.9 Å². The maximum Gasteiger partial charge on any atom is 0.311 e. The van der Waals surface area contributed by atoms with Crippen LogP contribution >= 0.6 is 0 Å². The Morgan fingerprint density at radius 2 is 1.23 bits per heavy atom. The lowest BCUT2D eigenvalue weighted by Gasteiger charge is -2.15.